The molecule has 114 valence electrons. The Hall–Kier alpha value is -0.910. The van der Waals surface area contributed by atoms with Gasteiger partial charge in [-0.1, -0.05) is 0 Å². The van der Waals surface area contributed by atoms with Crippen LogP contribution in [0.25, 0.3) is 0 Å². The SMILES string of the molecule is COC1CCOC2(C1)CN(C(=O)c1cc3c(s1)CCC3)C2. The van der Waals surface area contributed by atoms with Crippen LogP contribution in [0.2, 0.25) is 0 Å². The number of amides is 1. The van der Waals surface area contributed by atoms with Gasteiger partial charge in [-0.2, -0.15) is 0 Å². The van der Waals surface area contributed by atoms with E-state index < -0.39 is 0 Å². The van der Waals surface area contributed by atoms with E-state index in [4.69, 9.17) is 9.47 Å². The molecule has 0 aromatic carbocycles. The molecule has 4 rings (SSSR count). The lowest BCUT2D eigenvalue weighted by Crippen LogP contribution is -2.67. The summed E-state index contributed by atoms with van der Waals surface area (Å²) < 4.78 is 11.4. The van der Waals surface area contributed by atoms with Crippen LogP contribution in [0.4, 0.5) is 0 Å². The molecule has 1 unspecified atom stereocenters. The summed E-state index contributed by atoms with van der Waals surface area (Å²) in [4.78, 5) is 16.8. The predicted octanol–water partition coefficient (Wildman–Crippen LogP) is 2.26. The van der Waals surface area contributed by atoms with Gasteiger partial charge in [0, 0.05) is 25.0 Å². The molecule has 1 aromatic rings. The average Bonchev–Trinajstić information content (AvgIpc) is 3.05. The summed E-state index contributed by atoms with van der Waals surface area (Å²) in [6, 6.07) is 2.11. The van der Waals surface area contributed by atoms with E-state index in [1.165, 1.54) is 16.9 Å². The van der Waals surface area contributed by atoms with E-state index in [0.717, 1.165) is 37.2 Å². The van der Waals surface area contributed by atoms with Crippen molar-refractivity contribution < 1.29 is 14.3 Å². The van der Waals surface area contributed by atoms with Crippen LogP contribution in [-0.2, 0) is 22.3 Å². The molecule has 3 aliphatic rings. The van der Waals surface area contributed by atoms with Crippen LogP contribution in [0.1, 0.15) is 39.4 Å². The van der Waals surface area contributed by atoms with E-state index in [-0.39, 0.29) is 17.6 Å². The number of ether oxygens (including phenoxy) is 2. The zero-order valence-corrected chi connectivity index (χ0v) is 13.2. The standard InChI is InChI=1S/C16H21NO3S/c1-19-12-5-6-20-16(8-12)9-17(10-16)15(18)14-7-11-3-2-4-13(11)21-14/h7,12H,2-6,8-10H2,1H3. The third kappa shape index (κ3) is 2.31. The minimum Gasteiger partial charge on any atom is -0.381 e. The van der Waals surface area contributed by atoms with Gasteiger partial charge in [0.1, 0.15) is 5.60 Å². The Morgan fingerprint density at radius 2 is 2.33 bits per heavy atom. The maximum absolute atomic E-state index is 12.6. The Morgan fingerprint density at radius 3 is 3.10 bits per heavy atom. The molecule has 1 atom stereocenters. The first-order chi connectivity index (χ1) is 10.2. The third-order valence-electron chi connectivity index (χ3n) is 4.98. The summed E-state index contributed by atoms with van der Waals surface area (Å²) in [5, 5.41) is 0. The number of hydrogen-bond donors (Lipinski definition) is 0. The Bertz CT molecular complexity index is 540. The number of aryl methyl sites for hydroxylation is 2. The summed E-state index contributed by atoms with van der Waals surface area (Å²) >= 11 is 1.69. The molecule has 2 saturated heterocycles. The lowest BCUT2D eigenvalue weighted by Gasteiger charge is -2.52. The molecule has 0 N–H and O–H groups in total. The van der Waals surface area contributed by atoms with Crippen LogP contribution in [0.3, 0.4) is 0 Å². The Balaban J connectivity index is 1.41. The molecule has 0 bridgehead atoms. The van der Waals surface area contributed by atoms with Gasteiger partial charge < -0.3 is 14.4 Å². The summed E-state index contributed by atoms with van der Waals surface area (Å²) in [6.07, 6.45) is 5.69. The molecule has 0 radical (unpaired) electrons. The van der Waals surface area contributed by atoms with Gasteiger partial charge in [0.15, 0.2) is 0 Å². The van der Waals surface area contributed by atoms with Crippen LogP contribution < -0.4 is 0 Å². The third-order valence-corrected chi connectivity index (χ3v) is 6.21. The van der Waals surface area contributed by atoms with Crippen molar-refractivity contribution in [2.75, 3.05) is 26.8 Å². The summed E-state index contributed by atoms with van der Waals surface area (Å²) in [6.45, 7) is 2.18. The fourth-order valence-corrected chi connectivity index (χ4v) is 5.01. The van der Waals surface area contributed by atoms with Crippen molar-refractivity contribution in [2.24, 2.45) is 0 Å². The molecule has 4 nitrogen and oxygen atoms in total. The average molecular weight is 307 g/mol. The number of hydrogen-bond acceptors (Lipinski definition) is 4. The van der Waals surface area contributed by atoms with E-state index >= 15 is 0 Å². The van der Waals surface area contributed by atoms with Crippen molar-refractivity contribution in [3.8, 4) is 0 Å². The number of carbonyl (C=O) groups excluding carboxylic acids is 1. The van der Waals surface area contributed by atoms with E-state index in [2.05, 4.69) is 6.07 Å². The van der Waals surface area contributed by atoms with Crippen molar-refractivity contribution in [1.82, 2.24) is 4.90 Å². The number of thiophene rings is 1. The molecule has 5 heteroatoms. The lowest BCUT2D eigenvalue weighted by molar-refractivity contribution is -0.181. The Kier molecular flexibility index (Phi) is 3.32. The lowest BCUT2D eigenvalue weighted by atomic mass is 9.84. The molecule has 1 aliphatic carbocycles. The highest BCUT2D eigenvalue weighted by Gasteiger charge is 2.49. The van der Waals surface area contributed by atoms with E-state index in [9.17, 15) is 4.79 Å². The van der Waals surface area contributed by atoms with Gasteiger partial charge in [-0.15, -0.1) is 11.3 Å². The molecular weight excluding hydrogens is 286 g/mol. The van der Waals surface area contributed by atoms with Gasteiger partial charge in [0.05, 0.1) is 24.1 Å². The van der Waals surface area contributed by atoms with Gasteiger partial charge in [-0.3, -0.25) is 4.79 Å². The van der Waals surface area contributed by atoms with Crippen molar-refractivity contribution in [3.63, 3.8) is 0 Å². The van der Waals surface area contributed by atoms with Crippen LogP contribution in [-0.4, -0.2) is 49.3 Å². The molecule has 3 heterocycles. The zero-order valence-electron chi connectivity index (χ0n) is 12.4. The number of carbonyl (C=O) groups is 1. The Morgan fingerprint density at radius 1 is 1.48 bits per heavy atom. The monoisotopic (exact) mass is 307 g/mol. The molecule has 1 amide bonds. The van der Waals surface area contributed by atoms with Gasteiger partial charge in [-0.25, -0.2) is 0 Å². The molecule has 1 aromatic heterocycles. The van der Waals surface area contributed by atoms with Crippen molar-refractivity contribution in [3.05, 3.63) is 21.4 Å². The second kappa shape index (κ2) is 5.07. The molecule has 1 spiro atoms. The van der Waals surface area contributed by atoms with Gasteiger partial charge >= 0.3 is 0 Å². The van der Waals surface area contributed by atoms with Gasteiger partial charge in [0.25, 0.3) is 5.91 Å². The highest BCUT2D eigenvalue weighted by Crippen LogP contribution is 2.37. The number of methoxy groups -OCH3 is 1. The molecule has 2 aliphatic heterocycles. The maximum Gasteiger partial charge on any atom is 0.264 e. The fraction of sp³-hybridized carbons (Fsp3) is 0.688. The number of fused-ring (bicyclic) bond motifs is 1. The molecule has 21 heavy (non-hydrogen) atoms. The van der Waals surface area contributed by atoms with Gasteiger partial charge in [-0.05, 0) is 37.3 Å². The second-order valence-corrected chi connectivity index (χ2v) is 7.59. The van der Waals surface area contributed by atoms with E-state index in [1.54, 1.807) is 18.4 Å². The fourth-order valence-electron chi connectivity index (χ4n) is 3.79. The number of nitrogens with zero attached hydrogens (tertiary/aromatic N) is 1. The smallest absolute Gasteiger partial charge is 0.264 e. The summed E-state index contributed by atoms with van der Waals surface area (Å²) in [5.74, 6) is 0.183. The highest BCUT2D eigenvalue weighted by molar-refractivity contribution is 7.14. The molecule has 0 saturated carbocycles. The largest absolute Gasteiger partial charge is 0.381 e. The topological polar surface area (TPSA) is 38.8 Å². The first kappa shape index (κ1) is 13.7. The summed E-state index contributed by atoms with van der Waals surface area (Å²) in [7, 11) is 1.76. The van der Waals surface area contributed by atoms with Crippen molar-refractivity contribution >= 4 is 17.2 Å². The number of rotatable bonds is 2. The van der Waals surface area contributed by atoms with E-state index in [0.29, 0.717) is 13.1 Å². The maximum atomic E-state index is 12.6. The first-order valence-corrected chi connectivity index (χ1v) is 8.58. The van der Waals surface area contributed by atoms with E-state index in [1.807, 2.05) is 4.90 Å². The predicted molar refractivity (Wildman–Crippen MR) is 81.0 cm³/mol. The number of likely N-dealkylation sites (tertiary alicyclic amines) is 1. The minimum atomic E-state index is -0.144. The van der Waals surface area contributed by atoms with Crippen LogP contribution >= 0.6 is 11.3 Å². The van der Waals surface area contributed by atoms with Crippen LogP contribution in [0, 0.1) is 0 Å². The van der Waals surface area contributed by atoms with Crippen molar-refractivity contribution in [2.45, 2.75) is 43.8 Å². The van der Waals surface area contributed by atoms with Crippen LogP contribution in [0.15, 0.2) is 6.07 Å². The highest BCUT2D eigenvalue weighted by atomic mass is 32.1. The first-order valence-electron chi connectivity index (χ1n) is 7.77. The Labute approximate surface area is 129 Å². The molecular formula is C16H21NO3S. The second-order valence-electron chi connectivity index (χ2n) is 6.46. The van der Waals surface area contributed by atoms with Crippen molar-refractivity contribution in [1.29, 1.82) is 0 Å². The van der Waals surface area contributed by atoms with Gasteiger partial charge in [0.2, 0.25) is 0 Å². The van der Waals surface area contributed by atoms with Crippen LogP contribution in [0.5, 0.6) is 0 Å². The normalized spacial score (nSPS) is 26.7. The molecule has 2 fully saturated rings. The summed E-state index contributed by atoms with van der Waals surface area (Å²) in [5.41, 5.74) is 1.25. The quantitative estimate of drug-likeness (QED) is 0.841. The zero-order chi connectivity index (χ0) is 14.4. The minimum absolute atomic E-state index is 0.144.